The molecule has 239 valence electrons. The molecule has 6 rings (SSSR count). The number of aryl methyl sites for hydroxylation is 2. The first-order chi connectivity index (χ1) is 20.3. The van der Waals surface area contributed by atoms with Crippen LogP contribution >= 0.6 is 0 Å². The van der Waals surface area contributed by atoms with E-state index in [1.807, 2.05) is 13.8 Å². The van der Waals surface area contributed by atoms with Crippen molar-refractivity contribution in [3.05, 3.63) is 159 Å². The largest absolute Gasteiger partial charge is 3.00 e. The number of rotatable bonds is 4. The van der Waals surface area contributed by atoms with Gasteiger partial charge in [-0.3, -0.25) is 18.7 Å². The molecule has 0 aliphatic carbocycles. The molecule has 2 aromatic heterocycles. The summed E-state index contributed by atoms with van der Waals surface area (Å²) in [5.74, 6) is -1.34. The van der Waals surface area contributed by atoms with Crippen LogP contribution in [0.5, 0.6) is 0 Å². The van der Waals surface area contributed by atoms with Gasteiger partial charge < -0.3 is 24.8 Å². The summed E-state index contributed by atoms with van der Waals surface area (Å²) in [6.07, 6.45) is 3.28. The van der Waals surface area contributed by atoms with Gasteiger partial charge in [0.05, 0.1) is 22.8 Å². The Kier molecular flexibility index (Phi) is 15.9. The molecule has 46 heavy (non-hydrogen) atoms. The second kappa shape index (κ2) is 18.3. The fourth-order valence-electron chi connectivity index (χ4n) is 4.07. The van der Waals surface area contributed by atoms with E-state index in [1.165, 1.54) is 48.5 Å². The zero-order valence-electron chi connectivity index (χ0n) is 25.2. The quantitative estimate of drug-likeness (QED) is 0.131. The van der Waals surface area contributed by atoms with Gasteiger partial charge in [0.2, 0.25) is 0 Å². The molecule has 0 amide bonds. The van der Waals surface area contributed by atoms with E-state index in [-0.39, 0.29) is 78.3 Å². The van der Waals surface area contributed by atoms with Crippen LogP contribution in [0.1, 0.15) is 11.4 Å². The fraction of sp³-hybridized carbons (Fsp3) is 0.0556. The van der Waals surface area contributed by atoms with E-state index >= 15 is 0 Å². The van der Waals surface area contributed by atoms with E-state index in [9.17, 15) is 17.6 Å². The van der Waals surface area contributed by atoms with Crippen LogP contribution < -0.4 is 0 Å². The van der Waals surface area contributed by atoms with E-state index < -0.39 is 0 Å². The van der Waals surface area contributed by atoms with Crippen LogP contribution in [0, 0.1) is 64.1 Å². The second-order valence-corrected chi connectivity index (χ2v) is 9.27. The van der Waals surface area contributed by atoms with E-state index in [0.29, 0.717) is 33.9 Å². The molecule has 0 N–H and O–H groups in total. The van der Waals surface area contributed by atoms with Crippen molar-refractivity contribution in [1.82, 2.24) is 19.9 Å². The van der Waals surface area contributed by atoms with Crippen LogP contribution in [0.15, 0.2) is 97.3 Å². The zero-order chi connectivity index (χ0) is 29.6. The minimum Gasteiger partial charge on any atom is -0.358 e. The second-order valence-electron chi connectivity index (χ2n) is 9.27. The molecule has 0 bridgehead atoms. The molecule has 0 fully saturated rings. The number of hydrogen-bond donors (Lipinski definition) is 0. The van der Waals surface area contributed by atoms with Crippen molar-refractivity contribution in [3.8, 4) is 45.0 Å². The molecule has 1 radical (unpaired) electrons. The maximum Gasteiger partial charge on any atom is 3.00 e. The van der Waals surface area contributed by atoms with Crippen LogP contribution in [0.3, 0.4) is 0 Å². The van der Waals surface area contributed by atoms with E-state index in [2.05, 4.69) is 32.1 Å². The fourth-order valence-corrected chi connectivity index (χ4v) is 4.07. The Balaban J connectivity index is 0.000000423. The van der Waals surface area contributed by atoms with Gasteiger partial charge in [0, 0.05) is 55.5 Å². The molecule has 4 aromatic carbocycles. The van der Waals surface area contributed by atoms with Gasteiger partial charge in [0.25, 0.3) is 0 Å². The number of hydrogen-bond acceptors (Lipinski definition) is 4. The van der Waals surface area contributed by atoms with Crippen LogP contribution in [-0.2, 0) is 40.2 Å². The molecule has 2 heterocycles. The van der Waals surface area contributed by atoms with Gasteiger partial charge in [0.15, 0.2) is 0 Å². The normalized spacial score (nSPS) is 9.70. The Morgan fingerprint density at radius 1 is 0.478 bits per heavy atom. The molecule has 6 aromatic rings. The maximum absolute atomic E-state index is 13.1. The third kappa shape index (κ3) is 10.0. The predicted octanol–water partition coefficient (Wildman–Crippen LogP) is 9.29. The van der Waals surface area contributed by atoms with Gasteiger partial charge in [-0.15, -0.1) is 59.7 Å². The van der Waals surface area contributed by atoms with Gasteiger partial charge in [-0.25, -0.2) is 8.78 Å². The van der Waals surface area contributed by atoms with Gasteiger partial charge in [-0.05, 0) is 49.2 Å². The Morgan fingerprint density at radius 2 is 0.804 bits per heavy atom. The molecule has 10 heteroatoms. The minimum absolute atomic E-state index is 0. The Hall–Kier alpha value is -3.94. The predicted molar refractivity (Wildman–Crippen MR) is 166 cm³/mol. The van der Waals surface area contributed by atoms with Crippen molar-refractivity contribution < 1.29 is 57.8 Å². The van der Waals surface area contributed by atoms with Gasteiger partial charge in [-0.1, -0.05) is 24.3 Å². The summed E-state index contributed by atoms with van der Waals surface area (Å²) in [6.45, 7) is 3.66. The van der Waals surface area contributed by atoms with Crippen LogP contribution in [0.2, 0.25) is 0 Å². The van der Waals surface area contributed by atoms with E-state index in [1.54, 1.807) is 48.8 Å². The van der Waals surface area contributed by atoms with Crippen molar-refractivity contribution in [2.45, 2.75) is 13.8 Å². The first-order valence-corrected chi connectivity index (χ1v) is 12.8. The first kappa shape index (κ1) is 40.1. The standard InChI is InChI=1S/2C17H11F2N2.2CH3.2Ir/c2*1-11-10-20-16(12-2-6-14(18)7-3-12)17(21-11)13-4-8-15(19)9-5-13;;;;/h2*2,4-10H,1H3;2*1H3;;/q4*-1;;+3. The molecular weight excluding hydrogens is 949 g/mol. The number of nitrogens with zero attached hydrogens (tertiary/aromatic N) is 4. The minimum atomic E-state index is -0.359. The third-order valence-corrected chi connectivity index (χ3v) is 6.08. The smallest absolute Gasteiger partial charge is 0.358 e. The average Bonchev–Trinajstić information content (AvgIpc) is 2.99. The van der Waals surface area contributed by atoms with E-state index in [0.717, 1.165) is 22.5 Å². The number of halogens is 4. The van der Waals surface area contributed by atoms with Gasteiger partial charge >= 0.3 is 20.1 Å². The Labute approximate surface area is 294 Å². The summed E-state index contributed by atoms with van der Waals surface area (Å²) in [5, 5.41) is 0. The van der Waals surface area contributed by atoms with Crippen LogP contribution in [0.25, 0.3) is 45.0 Å². The summed E-state index contributed by atoms with van der Waals surface area (Å²) < 4.78 is 52.2. The molecule has 0 saturated heterocycles. The van der Waals surface area contributed by atoms with Crippen LogP contribution in [-0.4, -0.2) is 19.9 Å². The molecule has 4 nitrogen and oxygen atoms in total. The van der Waals surface area contributed by atoms with Crippen molar-refractivity contribution in [2.75, 3.05) is 0 Å². The van der Waals surface area contributed by atoms with Crippen molar-refractivity contribution in [1.29, 1.82) is 0 Å². The molecule has 0 saturated carbocycles. The molecule has 0 aliphatic heterocycles. The van der Waals surface area contributed by atoms with Crippen molar-refractivity contribution in [2.24, 2.45) is 0 Å². The monoisotopic (exact) mass is 978 g/mol. The average molecular weight is 977 g/mol. The summed E-state index contributed by atoms with van der Waals surface area (Å²) in [5.41, 5.74) is 6.71. The van der Waals surface area contributed by atoms with Gasteiger partial charge in [0.1, 0.15) is 11.6 Å². The van der Waals surface area contributed by atoms with Gasteiger partial charge in [-0.2, -0.15) is 0 Å². The topological polar surface area (TPSA) is 51.6 Å². The van der Waals surface area contributed by atoms with Crippen molar-refractivity contribution in [3.63, 3.8) is 0 Å². The SMILES string of the molecule is Cc1cnc(-c2[c-]cc(F)cc2)c(-c2ccc(F)cc2)n1.Cc1cnc(-c2[c-]cc(F)cc2)c(-c2ccc(F)cc2)n1.[CH3-].[CH3-].[Ir+3].[Ir]. The zero-order valence-corrected chi connectivity index (χ0v) is 30.0. The maximum atomic E-state index is 13.1. The molecule has 0 unspecified atom stereocenters. The molecule has 0 atom stereocenters. The first-order valence-electron chi connectivity index (χ1n) is 12.8. The summed E-state index contributed by atoms with van der Waals surface area (Å²) in [7, 11) is 0. The van der Waals surface area contributed by atoms with E-state index in [4.69, 9.17) is 0 Å². The summed E-state index contributed by atoms with van der Waals surface area (Å²) >= 11 is 0. The summed E-state index contributed by atoms with van der Waals surface area (Å²) in [6, 6.07) is 26.2. The van der Waals surface area contributed by atoms with Crippen molar-refractivity contribution >= 4 is 0 Å². The molecule has 0 spiro atoms. The van der Waals surface area contributed by atoms with Crippen LogP contribution in [0.4, 0.5) is 17.6 Å². The third-order valence-electron chi connectivity index (χ3n) is 6.08. The Morgan fingerprint density at radius 3 is 1.11 bits per heavy atom. The molecular formula is C36H28F4Ir2N4-. The number of aromatic nitrogens is 4. The Bertz CT molecular complexity index is 1680. The summed E-state index contributed by atoms with van der Waals surface area (Å²) in [4.78, 5) is 17.7. The molecule has 0 aliphatic rings. The number of benzene rings is 4.